The van der Waals surface area contributed by atoms with Gasteiger partial charge in [-0.3, -0.25) is 9.89 Å². The second kappa shape index (κ2) is 5.83. The highest BCUT2D eigenvalue weighted by Crippen LogP contribution is 2.14. The highest BCUT2D eigenvalue weighted by atomic mass is 16.1. The highest BCUT2D eigenvalue weighted by molar-refractivity contribution is 5.80. The fourth-order valence-corrected chi connectivity index (χ4v) is 2.40. The molecule has 1 amide bonds. The summed E-state index contributed by atoms with van der Waals surface area (Å²) in [5, 5.41) is 11.0. The van der Waals surface area contributed by atoms with E-state index in [2.05, 4.69) is 38.7 Å². The van der Waals surface area contributed by atoms with Crippen molar-refractivity contribution in [3.63, 3.8) is 0 Å². The lowest BCUT2D eigenvalue weighted by atomic mass is 10.2. The van der Waals surface area contributed by atoms with Crippen LogP contribution in [0.1, 0.15) is 17.1 Å². The number of aromatic amines is 2. The van der Waals surface area contributed by atoms with Gasteiger partial charge in [0.1, 0.15) is 0 Å². The van der Waals surface area contributed by atoms with Crippen LogP contribution in [0.15, 0.2) is 36.4 Å². The summed E-state index contributed by atoms with van der Waals surface area (Å²) in [5.74, 6) is -0.00221. The third-order valence-electron chi connectivity index (χ3n) is 3.40. The third kappa shape index (κ3) is 3.31. The molecule has 5 nitrogen and oxygen atoms in total. The van der Waals surface area contributed by atoms with Gasteiger partial charge in [-0.1, -0.05) is 18.2 Å². The standard InChI is InChI=1S/C16H18N4O/c1-11-8-14(20-19-11)10-16(21)17-7-6-13-9-12-4-2-3-5-15(12)18-13/h2-5,8-9,18H,6-7,10H2,1H3,(H,17,21)(H,19,20). The number of nitrogens with one attached hydrogen (secondary N) is 3. The minimum Gasteiger partial charge on any atom is -0.358 e. The minimum absolute atomic E-state index is 0.00221. The first-order chi connectivity index (χ1) is 10.2. The van der Waals surface area contributed by atoms with E-state index in [1.54, 1.807) is 0 Å². The summed E-state index contributed by atoms with van der Waals surface area (Å²) in [6.45, 7) is 2.54. The summed E-state index contributed by atoms with van der Waals surface area (Å²) in [6, 6.07) is 12.2. The normalized spacial score (nSPS) is 10.9. The molecule has 2 heterocycles. The number of fused-ring (bicyclic) bond motifs is 1. The monoisotopic (exact) mass is 282 g/mol. The molecule has 0 aliphatic heterocycles. The van der Waals surface area contributed by atoms with Crippen LogP contribution in [0.2, 0.25) is 0 Å². The largest absolute Gasteiger partial charge is 0.358 e. The molecular formula is C16H18N4O. The molecule has 0 bridgehead atoms. The molecule has 0 aliphatic carbocycles. The SMILES string of the molecule is Cc1cc(CC(=O)NCCc2cc3ccccc3[nH]2)n[nH]1. The van der Waals surface area contributed by atoms with Gasteiger partial charge in [-0.2, -0.15) is 5.10 Å². The molecule has 3 rings (SSSR count). The third-order valence-corrected chi connectivity index (χ3v) is 3.40. The Morgan fingerprint density at radius 2 is 2.14 bits per heavy atom. The summed E-state index contributed by atoms with van der Waals surface area (Å²) in [6.07, 6.45) is 1.11. The average Bonchev–Trinajstić information content (AvgIpc) is 3.04. The molecule has 0 radical (unpaired) electrons. The number of amides is 1. The second-order valence-electron chi connectivity index (χ2n) is 5.20. The predicted molar refractivity (Wildman–Crippen MR) is 82.0 cm³/mol. The maximum absolute atomic E-state index is 11.8. The number of hydrogen-bond acceptors (Lipinski definition) is 2. The molecule has 2 aromatic heterocycles. The van der Waals surface area contributed by atoms with E-state index in [0.29, 0.717) is 13.0 Å². The number of rotatable bonds is 5. The van der Waals surface area contributed by atoms with E-state index in [4.69, 9.17) is 0 Å². The first kappa shape index (κ1) is 13.4. The molecule has 0 fully saturated rings. The quantitative estimate of drug-likeness (QED) is 0.670. The zero-order valence-corrected chi connectivity index (χ0v) is 11.9. The molecule has 0 unspecified atom stereocenters. The number of nitrogens with zero attached hydrogens (tertiary/aromatic N) is 1. The number of benzene rings is 1. The summed E-state index contributed by atoms with van der Waals surface area (Å²) in [4.78, 5) is 15.2. The molecule has 108 valence electrons. The Morgan fingerprint density at radius 3 is 2.90 bits per heavy atom. The lowest BCUT2D eigenvalue weighted by Gasteiger charge is -2.02. The summed E-state index contributed by atoms with van der Waals surface area (Å²) >= 11 is 0. The first-order valence-electron chi connectivity index (χ1n) is 7.05. The van der Waals surface area contributed by atoms with Gasteiger partial charge in [0.05, 0.1) is 12.1 Å². The average molecular weight is 282 g/mol. The van der Waals surface area contributed by atoms with Gasteiger partial charge in [0, 0.05) is 29.9 Å². The Balaban J connectivity index is 1.50. The van der Waals surface area contributed by atoms with Crippen molar-refractivity contribution < 1.29 is 4.79 Å². The summed E-state index contributed by atoms with van der Waals surface area (Å²) in [7, 11) is 0. The van der Waals surface area contributed by atoms with Crippen LogP contribution in [-0.4, -0.2) is 27.6 Å². The van der Waals surface area contributed by atoms with Crippen molar-refractivity contribution in [3.05, 3.63) is 53.5 Å². The Kier molecular flexibility index (Phi) is 3.73. The van der Waals surface area contributed by atoms with Crippen molar-refractivity contribution >= 4 is 16.8 Å². The van der Waals surface area contributed by atoms with Crippen LogP contribution in [0.5, 0.6) is 0 Å². The highest BCUT2D eigenvalue weighted by Gasteiger charge is 2.06. The van der Waals surface area contributed by atoms with Gasteiger partial charge in [0.25, 0.3) is 0 Å². The number of carbonyl (C=O) groups is 1. The molecule has 0 saturated heterocycles. The molecule has 3 aromatic rings. The van der Waals surface area contributed by atoms with E-state index < -0.39 is 0 Å². The van der Waals surface area contributed by atoms with E-state index in [0.717, 1.165) is 29.0 Å². The van der Waals surface area contributed by atoms with E-state index in [1.807, 2.05) is 25.1 Å². The van der Waals surface area contributed by atoms with Crippen LogP contribution >= 0.6 is 0 Å². The number of para-hydroxylation sites is 1. The van der Waals surface area contributed by atoms with Crippen molar-refractivity contribution in [3.8, 4) is 0 Å². The maximum Gasteiger partial charge on any atom is 0.226 e. The molecule has 0 spiro atoms. The maximum atomic E-state index is 11.8. The molecule has 21 heavy (non-hydrogen) atoms. The Hall–Kier alpha value is -2.56. The number of carbonyl (C=O) groups excluding carboxylic acids is 1. The number of aromatic nitrogens is 3. The Bertz CT molecular complexity index is 723. The molecule has 5 heteroatoms. The molecule has 0 atom stereocenters. The molecule has 1 aromatic carbocycles. The number of hydrogen-bond donors (Lipinski definition) is 3. The minimum atomic E-state index is -0.00221. The van der Waals surface area contributed by atoms with E-state index in [9.17, 15) is 4.79 Å². The van der Waals surface area contributed by atoms with Crippen LogP contribution in [0.3, 0.4) is 0 Å². The van der Waals surface area contributed by atoms with E-state index >= 15 is 0 Å². The molecule has 0 aliphatic rings. The van der Waals surface area contributed by atoms with Crippen molar-refractivity contribution in [1.29, 1.82) is 0 Å². The van der Waals surface area contributed by atoms with E-state index in [1.165, 1.54) is 5.39 Å². The van der Waals surface area contributed by atoms with Crippen molar-refractivity contribution in [2.45, 2.75) is 19.8 Å². The Morgan fingerprint density at radius 1 is 1.29 bits per heavy atom. The van der Waals surface area contributed by atoms with Crippen LogP contribution in [-0.2, 0) is 17.6 Å². The second-order valence-corrected chi connectivity index (χ2v) is 5.20. The van der Waals surface area contributed by atoms with Gasteiger partial charge < -0.3 is 10.3 Å². The molecular weight excluding hydrogens is 264 g/mol. The fourth-order valence-electron chi connectivity index (χ4n) is 2.40. The van der Waals surface area contributed by atoms with Crippen LogP contribution in [0.25, 0.3) is 10.9 Å². The lowest BCUT2D eigenvalue weighted by molar-refractivity contribution is -0.120. The predicted octanol–water partition coefficient (Wildman–Crippen LogP) is 2.10. The summed E-state index contributed by atoms with van der Waals surface area (Å²) in [5.41, 5.74) is 4.00. The van der Waals surface area contributed by atoms with Gasteiger partial charge >= 0.3 is 0 Å². The van der Waals surface area contributed by atoms with Crippen molar-refractivity contribution in [2.75, 3.05) is 6.54 Å². The lowest BCUT2D eigenvalue weighted by Crippen LogP contribution is -2.27. The summed E-state index contributed by atoms with van der Waals surface area (Å²) < 4.78 is 0. The van der Waals surface area contributed by atoms with Gasteiger partial charge in [-0.15, -0.1) is 0 Å². The fraction of sp³-hybridized carbons (Fsp3) is 0.250. The van der Waals surface area contributed by atoms with Gasteiger partial charge in [-0.25, -0.2) is 0 Å². The van der Waals surface area contributed by atoms with E-state index in [-0.39, 0.29) is 5.91 Å². The van der Waals surface area contributed by atoms with Crippen molar-refractivity contribution in [1.82, 2.24) is 20.5 Å². The van der Waals surface area contributed by atoms with Gasteiger partial charge in [0.15, 0.2) is 0 Å². The first-order valence-corrected chi connectivity index (χ1v) is 7.05. The van der Waals surface area contributed by atoms with Gasteiger partial charge in [-0.05, 0) is 30.5 Å². The zero-order valence-electron chi connectivity index (χ0n) is 11.9. The van der Waals surface area contributed by atoms with Gasteiger partial charge in [0.2, 0.25) is 5.91 Å². The zero-order chi connectivity index (χ0) is 14.7. The Labute approximate surface area is 122 Å². The van der Waals surface area contributed by atoms with Crippen LogP contribution in [0.4, 0.5) is 0 Å². The van der Waals surface area contributed by atoms with Crippen LogP contribution < -0.4 is 5.32 Å². The molecule has 3 N–H and O–H groups in total. The van der Waals surface area contributed by atoms with Crippen LogP contribution in [0, 0.1) is 6.92 Å². The van der Waals surface area contributed by atoms with Crippen molar-refractivity contribution in [2.24, 2.45) is 0 Å². The topological polar surface area (TPSA) is 73.6 Å². The smallest absolute Gasteiger partial charge is 0.226 e. The number of H-pyrrole nitrogens is 2. The number of aryl methyl sites for hydroxylation is 1. The molecule has 0 saturated carbocycles.